The van der Waals surface area contributed by atoms with E-state index in [0.29, 0.717) is 0 Å². The van der Waals surface area contributed by atoms with Crippen molar-refractivity contribution in [3.05, 3.63) is 0 Å². The summed E-state index contributed by atoms with van der Waals surface area (Å²) in [6.45, 7) is 0.229. The van der Waals surface area contributed by atoms with Gasteiger partial charge in [0.15, 0.2) is 0 Å². The average Bonchev–Trinajstić information content (AvgIpc) is 2.25. The van der Waals surface area contributed by atoms with Gasteiger partial charge >= 0.3 is 5.97 Å². The zero-order valence-corrected chi connectivity index (χ0v) is 10.5. The summed E-state index contributed by atoms with van der Waals surface area (Å²) >= 11 is 0. The van der Waals surface area contributed by atoms with Gasteiger partial charge in [-0.05, 0) is 31.6 Å². The minimum absolute atomic E-state index is 0.0283. The lowest BCUT2D eigenvalue weighted by atomic mass is 9.82. The maximum Gasteiger partial charge on any atom is 0.308 e. The maximum absolute atomic E-state index is 11.2. The summed E-state index contributed by atoms with van der Waals surface area (Å²) < 4.78 is 31.0. The van der Waals surface area contributed by atoms with Crippen molar-refractivity contribution in [2.24, 2.45) is 11.8 Å². The fraction of sp³-hybridized carbons (Fsp3) is 0.900. The summed E-state index contributed by atoms with van der Waals surface area (Å²) in [7, 11) is -1.96. The van der Waals surface area contributed by atoms with Crippen LogP contribution in [0.3, 0.4) is 0 Å². The van der Waals surface area contributed by atoms with Gasteiger partial charge in [0, 0.05) is 0 Å². The van der Waals surface area contributed by atoms with Crippen molar-refractivity contribution in [3.63, 3.8) is 0 Å². The molecule has 0 N–H and O–H groups in total. The van der Waals surface area contributed by atoms with Crippen molar-refractivity contribution in [2.45, 2.75) is 25.7 Å². The molecule has 0 amide bonds. The van der Waals surface area contributed by atoms with Gasteiger partial charge < -0.3 is 4.74 Å². The molecule has 0 saturated heterocycles. The Labute approximate surface area is 96.2 Å². The minimum atomic E-state index is -3.35. The summed E-state index contributed by atoms with van der Waals surface area (Å²) in [5.74, 6) is 0.0394. The van der Waals surface area contributed by atoms with E-state index in [-0.39, 0.29) is 24.4 Å². The van der Waals surface area contributed by atoms with E-state index in [1.165, 1.54) is 7.11 Å². The van der Waals surface area contributed by atoms with Crippen molar-refractivity contribution in [1.29, 1.82) is 0 Å². The van der Waals surface area contributed by atoms with Gasteiger partial charge in [-0.15, -0.1) is 0 Å². The van der Waals surface area contributed by atoms with E-state index in [0.717, 1.165) is 31.9 Å². The molecule has 0 unspecified atom stereocenters. The lowest BCUT2D eigenvalue weighted by molar-refractivity contribution is -0.146. The van der Waals surface area contributed by atoms with Gasteiger partial charge in [-0.3, -0.25) is 8.98 Å². The Hall–Kier alpha value is -0.620. The Kier molecular flexibility index (Phi) is 4.73. The summed E-state index contributed by atoms with van der Waals surface area (Å²) in [5, 5.41) is 0. The van der Waals surface area contributed by atoms with Crippen LogP contribution in [-0.4, -0.2) is 34.4 Å². The van der Waals surface area contributed by atoms with Gasteiger partial charge in [0.1, 0.15) is 0 Å². The fourth-order valence-corrected chi connectivity index (χ4v) is 2.39. The van der Waals surface area contributed by atoms with Crippen molar-refractivity contribution >= 4 is 16.1 Å². The van der Waals surface area contributed by atoms with Crippen LogP contribution in [0.15, 0.2) is 0 Å². The van der Waals surface area contributed by atoms with Crippen LogP contribution in [-0.2, 0) is 23.8 Å². The van der Waals surface area contributed by atoms with E-state index in [9.17, 15) is 13.2 Å². The first-order chi connectivity index (χ1) is 7.42. The molecule has 5 nitrogen and oxygen atoms in total. The van der Waals surface area contributed by atoms with Crippen LogP contribution >= 0.6 is 0 Å². The molecule has 0 aromatic heterocycles. The lowest BCUT2D eigenvalue weighted by Crippen LogP contribution is -2.25. The molecule has 0 aliphatic heterocycles. The molecule has 1 fully saturated rings. The zero-order chi connectivity index (χ0) is 12.2. The molecule has 0 heterocycles. The summed E-state index contributed by atoms with van der Waals surface area (Å²) in [6.07, 6.45) is 4.19. The van der Waals surface area contributed by atoms with E-state index in [2.05, 4.69) is 4.74 Å². The smallest absolute Gasteiger partial charge is 0.308 e. The molecule has 0 aromatic carbocycles. The molecule has 1 saturated carbocycles. The molecular formula is C10H18O5S. The van der Waals surface area contributed by atoms with Gasteiger partial charge in [0.25, 0.3) is 10.1 Å². The summed E-state index contributed by atoms with van der Waals surface area (Å²) in [4.78, 5) is 11.2. The molecule has 1 rings (SSSR count). The molecular weight excluding hydrogens is 232 g/mol. The topological polar surface area (TPSA) is 69.7 Å². The van der Waals surface area contributed by atoms with Crippen LogP contribution in [0.5, 0.6) is 0 Å². The Morgan fingerprint density at radius 2 is 1.81 bits per heavy atom. The highest BCUT2D eigenvalue weighted by Gasteiger charge is 2.27. The van der Waals surface area contributed by atoms with Crippen LogP contribution < -0.4 is 0 Å². The lowest BCUT2D eigenvalue weighted by Gasteiger charge is -2.26. The predicted octanol–water partition coefficient (Wildman–Crippen LogP) is 0.942. The van der Waals surface area contributed by atoms with Crippen molar-refractivity contribution in [1.82, 2.24) is 0 Å². The molecule has 0 atom stereocenters. The van der Waals surface area contributed by atoms with Crippen molar-refractivity contribution in [2.75, 3.05) is 20.0 Å². The number of ether oxygens (including phenoxy) is 1. The quantitative estimate of drug-likeness (QED) is 0.548. The molecule has 1 aliphatic rings. The third-order valence-corrected chi connectivity index (χ3v) is 3.46. The fourth-order valence-electron chi connectivity index (χ4n) is 1.95. The number of rotatable bonds is 4. The monoisotopic (exact) mass is 250 g/mol. The third-order valence-electron chi connectivity index (χ3n) is 2.90. The van der Waals surface area contributed by atoms with Gasteiger partial charge in [-0.1, -0.05) is 0 Å². The third kappa shape index (κ3) is 4.49. The molecule has 0 spiro atoms. The predicted molar refractivity (Wildman–Crippen MR) is 58.3 cm³/mol. The van der Waals surface area contributed by atoms with Gasteiger partial charge in [0.2, 0.25) is 0 Å². The van der Waals surface area contributed by atoms with Crippen LogP contribution in [0.2, 0.25) is 0 Å². The second-order valence-electron chi connectivity index (χ2n) is 4.23. The number of esters is 1. The molecule has 1 aliphatic carbocycles. The van der Waals surface area contributed by atoms with Gasteiger partial charge in [-0.25, -0.2) is 0 Å². The highest BCUT2D eigenvalue weighted by Crippen LogP contribution is 2.29. The van der Waals surface area contributed by atoms with E-state index in [4.69, 9.17) is 4.18 Å². The normalized spacial score (nSPS) is 26.4. The Bertz CT molecular complexity index is 327. The molecule has 94 valence electrons. The molecule has 16 heavy (non-hydrogen) atoms. The number of methoxy groups -OCH3 is 1. The molecule has 6 heteroatoms. The number of carbonyl (C=O) groups excluding carboxylic acids is 1. The minimum Gasteiger partial charge on any atom is -0.469 e. The number of hydrogen-bond donors (Lipinski definition) is 0. The van der Waals surface area contributed by atoms with Crippen LogP contribution in [0.4, 0.5) is 0 Å². The van der Waals surface area contributed by atoms with E-state index >= 15 is 0 Å². The van der Waals surface area contributed by atoms with Crippen molar-refractivity contribution in [3.8, 4) is 0 Å². The summed E-state index contributed by atoms with van der Waals surface area (Å²) in [6, 6.07) is 0. The van der Waals surface area contributed by atoms with E-state index in [1.807, 2.05) is 0 Å². The SMILES string of the molecule is COC(=O)[C@H]1CC[C@H](COS(C)(=O)=O)CC1. The molecule has 0 bridgehead atoms. The average molecular weight is 250 g/mol. The molecule has 0 radical (unpaired) electrons. The van der Waals surface area contributed by atoms with Crippen LogP contribution in [0, 0.1) is 11.8 Å². The first-order valence-corrected chi connectivity index (χ1v) is 7.16. The van der Waals surface area contributed by atoms with Crippen molar-refractivity contribution < 1.29 is 22.1 Å². The first-order valence-electron chi connectivity index (χ1n) is 5.34. The highest BCUT2D eigenvalue weighted by molar-refractivity contribution is 7.85. The van der Waals surface area contributed by atoms with Crippen LogP contribution in [0.1, 0.15) is 25.7 Å². The second kappa shape index (κ2) is 5.63. The highest BCUT2D eigenvalue weighted by atomic mass is 32.2. The van der Waals surface area contributed by atoms with Crippen LogP contribution in [0.25, 0.3) is 0 Å². The zero-order valence-electron chi connectivity index (χ0n) is 9.64. The second-order valence-corrected chi connectivity index (χ2v) is 5.87. The Balaban J connectivity index is 2.30. The maximum atomic E-state index is 11.2. The van der Waals surface area contributed by atoms with Gasteiger partial charge in [0.05, 0.1) is 25.9 Å². The van der Waals surface area contributed by atoms with E-state index in [1.54, 1.807) is 0 Å². The Morgan fingerprint density at radius 1 is 1.25 bits per heavy atom. The molecule has 0 aromatic rings. The largest absolute Gasteiger partial charge is 0.469 e. The van der Waals surface area contributed by atoms with E-state index < -0.39 is 10.1 Å². The standard InChI is InChI=1S/C10H18O5S/c1-14-10(11)9-5-3-8(4-6-9)7-15-16(2,12)13/h8-9H,3-7H2,1-2H3/t8-,9-. The Morgan fingerprint density at radius 3 is 2.25 bits per heavy atom. The first kappa shape index (κ1) is 13.4. The number of hydrogen-bond acceptors (Lipinski definition) is 5. The van der Waals surface area contributed by atoms with Gasteiger partial charge in [-0.2, -0.15) is 8.42 Å². The number of carbonyl (C=O) groups is 1. The summed E-state index contributed by atoms with van der Waals surface area (Å²) in [5.41, 5.74) is 0.